The van der Waals surface area contributed by atoms with Gasteiger partial charge >= 0.3 is 0 Å². The Hall–Kier alpha value is -3.36. The summed E-state index contributed by atoms with van der Waals surface area (Å²) in [6, 6.07) is 17.9. The molecule has 0 fully saturated rings. The molecule has 0 saturated heterocycles. The van der Waals surface area contributed by atoms with Crippen molar-refractivity contribution in [2.75, 3.05) is 10.8 Å². The quantitative estimate of drug-likeness (QED) is 0.345. The summed E-state index contributed by atoms with van der Waals surface area (Å²) in [6.07, 6.45) is 0. The summed E-state index contributed by atoms with van der Waals surface area (Å²) >= 11 is 6.01. The Balaban J connectivity index is 2.07. The van der Waals surface area contributed by atoms with Crippen LogP contribution in [0.1, 0.15) is 49.9 Å². The Bertz CT molecular complexity index is 1480. The minimum absolute atomic E-state index is 0.00619. The Kier molecular flexibility index (Phi) is 9.69. The van der Waals surface area contributed by atoms with E-state index in [0.29, 0.717) is 10.7 Å². The van der Waals surface area contributed by atoms with E-state index in [2.05, 4.69) is 5.32 Å². The molecule has 0 heterocycles. The van der Waals surface area contributed by atoms with E-state index in [1.807, 2.05) is 71.9 Å². The summed E-state index contributed by atoms with van der Waals surface area (Å²) in [6.45, 7) is 12.7. The van der Waals surface area contributed by atoms with Gasteiger partial charge in [-0.2, -0.15) is 0 Å². The van der Waals surface area contributed by atoms with Crippen molar-refractivity contribution in [1.29, 1.82) is 0 Å². The van der Waals surface area contributed by atoms with E-state index in [0.717, 1.165) is 26.6 Å². The smallest absolute Gasteiger partial charge is 0.264 e. The van der Waals surface area contributed by atoms with Gasteiger partial charge in [-0.25, -0.2) is 8.42 Å². The van der Waals surface area contributed by atoms with Gasteiger partial charge < -0.3 is 10.2 Å². The van der Waals surface area contributed by atoms with Gasteiger partial charge in [0.05, 0.1) is 10.6 Å². The lowest BCUT2D eigenvalue weighted by atomic mass is 10.1. The highest BCUT2D eigenvalue weighted by molar-refractivity contribution is 7.92. The maximum atomic E-state index is 14.0. The number of hydrogen-bond donors (Lipinski definition) is 1. The number of sulfonamides is 1. The number of aryl methyl sites for hydroxylation is 3. The molecule has 3 aromatic rings. The van der Waals surface area contributed by atoms with Crippen LogP contribution in [0, 0.1) is 20.8 Å². The van der Waals surface area contributed by atoms with Gasteiger partial charge in [0.15, 0.2) is 0 Å². The Morgan fingerprint density at radius 1 is 0.925 bits per heavy atom. The van der Waals surface area contributed by atoms with Crippen LogP contribution in [-0.2, 0) is 26.2 Å². The largest absolute Gasteiger partial charge is 0.350 e. The molecule has 0 aromatic heterocycles. The van der Waals surface area contributed by atoms with Crippen molar-refractivity contribution in [3.05, 3.63) is 94.0 Å². The highest BCUT2D eigenvalue weighted by Crippen LogP contribution is 2.27. The van der Waals surface area contributed by atoms with Crippen LogP contribution in [0.5, 0.6) is 0 Å². The van der Waals surface area contributed by atoms with Crippen LogP contribution < -0.4 is 9.62 Å². The molecule has 2 amide bonds. The average Bonchev–Trinajstić information content (AvgIpc) is 2.86. The Morgan fingerprint density at radius 3 is 2.15 bits per heavy atom. The Morgan fingerprint density at radius 2 is 1.57 bits per heavy atom. The highest BCUT2D eigenvalue weighted by atomic mass is 35.5. The molecule has 0 radical (unpaired) electrons. The first-order chi connectivity index (χ1) is 18.6. The van der Waals surface area contributed by atoms with Crippen LogP contribution >= 0.6 is 11.6 Å². The molecule has 3 rings (SSSR count). The number of carbonyl (C=O) groups excluding carboxylic acids is 2. The average molecular weight is 584 g/mol. The molecule has 0 aliphatic carbocycles. The number of halogens is 1. The first-order valence-electron chi connectivity index (χ1n) is 13.1. The lowest BCUT2D eigenvalue weighted by Crippen LogP contribution is -2.54. The van der Waals surface area contributed by atoms with Gasteiger partial charge in [-0.15, -0.1) is 0 Å². The minimum atomic E-state index is -4.16. The molecular weight excluding hydrogens is 546 g/mol. The molecule has 9 heteroatoms. The van der Waals surface area contributed by atoms with Crippen molar-refractivity contribution < 1.29 is 18.0 Å². The van der Waals surface area contributed by atoms with Crippen LogP contribution in [0.25, 0.3) is 0 Å². The number of hydrogen-bond acceptors (Lipinski definition) is 4. The molecule has 0 saturated carbocycles. The maximum absolute atomic E-state index is 14.0. The predicted molar refractivity (Wildman–Crippen MR) is 161 cm³/mol. The monoisotopic (exact) mass is 583 g/mol. The molecule has 0 aliphatic heterocycles. The van der Waals surface area contributed by atoms with Crippen molar-refractivity contribution in [2.45, 2.75) is 71.5 Å². The number of rotatable bonds is 9. The second kappa shape index (κ2) is 12.4. The first kappa shape index (κ1) is 31.2. The molecule has 0 spiro atoms. The van der Waals surface area contributed by atoms with Crippen molar-refractivity contribution in [1.82, 2.24) is 10.2 Å². The fraction of sp³-hybridized carbons (Fsp3) is 0.355. The molecule has 40 heavy (non-hydrogen) atoms. The molecule has 1 N–H and O–H groups in total. The third-order valence-corrected chi connectivity index (χ3v) is 8.60. The second-order valence-electron chi connectivity index (χ2n) is 11.2. The third kappa shape index (κ3) is 7.86. The van der Waals surface area contributed by atoms with Gasteiger partial charge in [-0.1, -0.05) is 47.5 Å². The fourth-order valence-corrected chi connectivity index (χ4v) is 5.74. The molecule has 214 valence electrons. The normalized spacial score (nSPS) is 12.5. The summed E-state index contributed by atoms with van der Waals surface area (Å²) in [7, 11) is -4.16. The summed E-state index contributed by atoms with van der Waals surface area (Å²) < 4.78 is 29.0. The van der Waals surface area contributed by atoms with Crippen molar-refractivity contribution >= 4 is 39.1 Å². The van der Waals surface area contributed by atoms with Crippen molar-refractivity contribution in [3.8, 4) is 0 Å². The molecule has 0 aliphatic rings. The summed E-state index contributed by atoms with van der Waals surface area (Å²) in [5, 5.41) is 3.33. The maximum Gasteiger partial charge on any atom is 0.264 e. The second-order valence-corrected chi connectivity index (χ2v) is 13.5. The van der Waals surface area contributed by atoms with E-state index in [9.17, 15) is 18.0 Å². The van der Waals surface area contributed by atoms with E-state index < -0.39 is 34.1 Å². The highest BCUT2D eigenvalue weighted by Gasteiger charge is 2.33. The van der Waals surface area contributed by atoms with Crippen LogP contribution in [-0.4, -0.2) is 43.3 Å². The lowest BCUT2D eigenvalue weighted by Gasteiger charge is -2.33. The minimum Gasteiger partial charge on any atom is -0.350 e. The molecule has 0 bridgehead atoms. The van der Waals surface area contributed by atoms with E-state index in [-0.39, 0.29) is 17.3 Å². The zero-order chi connectivity index (χ0) is 29.8. The number of benzene rings is 3. The zero-order valence-electron chi connectivity index (χ0n) is 24.2. The molecule has 7 nitrogen and oxygen atoms in total. The fourth-order valence-electron chi connectivity index (χ4n) is 4.21. The molecule has 0 unspecified atom stereocenters. The standard InChI is InChI=1S/C31H38ClN3O4S/c1-21-9-8-10-25(17-21)19-34(24(4)30(37)33-31(5,6)7)29(36)20-35(27-14-11-22(2)23(3)18-27)40(38,39)28-15-12-26(32)13-16-28/h8-18,24H,19-20H2,1-7H3,(H,33,37)/t24-/m0/s1. The van der Waals surface area contributed by atoms with Gasteiger partial charge in [0.25, 0.3) is 10.0 Å². The SMILES string of the molecule is Cc1cccc(CN(C(=O)CN(c2ccc(C)c(C)c2)S(=O)(=O)c2ccc(Cl)cc2)[C@@H](C)C(=O)NC(C)(C)C)c1. The van der Waals surface area contributed by atoms with Gasteiger partial charge in [-0.3, -0.25) is 13.9 Å². The van der Waals surface area contributed by atoms with Crippen molar-refractivity contribution in [2.24, 2.45) is 0 Å². The zero-order valence-corrected chi connectivity index (χ0v) is 25.7. The van der Waals surface area contributed by atoms with Crippen LogP contribution in [0.2, 0.25) is 5.02 Å². The molecular formula is C31H38ClN3O4S. The third-order valence-electron chi connectivity index (χ3n) is 6.56. The number of anilines is 1. The van der Waals surface area contributed by atoms with Gasteiger partial charge in [0.2, 0.25) is 11.8 Å². The van der Waals surface area contributed by atoms with Crippen LogP contribution in [0.15, 0.2) is 71.6 Å². The van der Waals surface area contributed by atoms with E-state index in [1.165, 1.54) is 29.2 Å². The number of nitrogens with zero attached hydrogens (tertiary/aromatic N) is 2. The van der Waals surface area contributed by atoms with Gasteiger partial charge in [0, 0.05) is 17.1 Å². The number of amides is 2. The Labute approximate surface area is 243 Å². The van der Waals surface area contributed by atoms with E-state index >= 15 is 0 Å². The first-order valence-corrected chi connectivity index (χ1v) is 14.9. The summed E-state index contributed by atoms with van der Waals surface area (Å²) in [4.78, 5) is 28.7. The van der Waals surface area contributed by atoms with Crippen LogP contribution in [0.4, 0.5) is 5.69 Å². The van der Waals surface area contributed by atoms with Crippen LogP contribution in [0.3, 0.4) is 0 Å². The molecule has 1 atom stereocenters. The van der Waals surface area contributed by atoms with E-state index in [4.69, 9.17) is 11.6 Å². The molecule has 3 aromatic carbocycles. The lowest BCUT2D eigenvalue weighted by molar-refractivity contribution is -0.140. The predicted octanol–water partition coefficient (Wildman–Crippen LogP) is 5.79. The van der Waals surface area contributed by atoms with Gasteiger partial charge in [0.1, 0.15) is 12.6 Å². The summed E-state index contributed by atoms with van der Waals surface area (Å²) in [5.74, 6) is -0.833. The van der Waals surface area contributed by atoms with Gasteiger partial charge in [-0.05, 0) is 102 Å². The van der Waals surface area contributed by atoms with E-state index in [1.54, 1.807) is 19.1 Å². The topological polar surface area (TPSA) is 86.8 Å². The number of nitrogens with one attached hydrogen (secondary N) is 1. The number of carbonyl (C=O) groups is 2. The summed E-state index contributed by atoms with van der Waals surface area (Å²) in [5.41, 5.74) is 3.57. The van der Waals surface area contributed by atoms with Crippen molar-refractivity contribution in [3.63, 3.8) is 0 Å².